The van der Waals surface area contributed by atoms with E-state index in [4.69, 9.17) is 20.9 Å². The summed E-state index contributed by atoms with van der Waals surface area (Å²) in [6.45, 7) is 3.83. The van der Waals surface area contributed by atoms with Crippen molar-refractivity contribution >= 4 is 23.2 Å². The predicted octanol–water partition coefficient (Wildman–Crippen LogP) is 4.78. The molecule has 5 nitrogen and oxygen atoms in total. The topological polar surface area (TPSA) is 64.4 Å². The Morgan fingerprint density at radius 1 is 1.20 bits per heavy atom. The van der Waals surface area contributed by atoms with Crippen molar-refractivity contribution in [2.24, 2.45) is 0 Å². The first kappa shape index (κ1) is 17.0. The van der Waals surface area contributed by atoms with Crippen LogP contribution in [0.3, 0.4) is 0 Å². The maximum absolute atomic E-state index is 12.6. The molecule has 0 aliphatic heterocycles. The molecule has 0 aliphatic rings. The summed E-state index contributed by atoms with van der Waals surface area (Å²) in [5, 5.41) is 7.24. The number of anilines is 1. The lowest BCUT2D eigenvalue weighted by atomic mass is 10.1. The Hall–Kier alpha value is -2.79. The zero-order valence-corrected chi connectivity index (χ0v) is 14.6. The van der Waals surface area contributed by atoms with E-state index in [1.807, 2.05) is 43.3 Å². The Kier molecular flexibility index (Phi) is 5.05. The number of hydrogen-bond acceptors (Lipinski definition) is 4. The Morgan fingerprint density at radius 3 is 2.72 bits per heavy atom. The van der Waals surface area contributed by atoms with Crippen LogP contribution in [-0.4, -0.2) is 11.1 Å². The van der Waals surface area contributed by atoms with Gasteiger partial charge in [-0.3, -0.25) is 4.79 Å². The molecule has 0 spiro atoms. The van der Waals surface area contributed by atoms with E-state index in [1.165, 1.54) is 0 Å². The molecule has 0 fully saturated rings. The van der Waals surface area contributed by atoms with Gasteiger partial charge in [-0.15, -0.1) is 0 Å². The van der Waals surface area contributed by atoms with Crippen molar-refractivity contribution < 1.29 is 14.1 Å². The highest BCUT2D eigenvalue weighted by Gasteiger charge is 2.21. The molecule has 1 aromatic heterocycles. The average Bonchev–Trinajstić information content (AvgIpc) is 2.98. The number of halogens is 1. The molecule has 0 radical (unpaired) electrons. The number of rotatable bonds is 5. The van der Waals surface area contributed by atoms with Crippen LogP contribution < -0.4 is 10.1 Å². The summed E-state index contributed by atoms with van der Waals surface area (Å²) in [5.41, 5.74) is 2.35. The molecule has 0 unspecified atom stereocenters. The molecule has 0 atom stereocenters. The van der Waals surface area contributed by atoms with Crippen LogP contribution in [0.1, 0.15) is 27.4 Å². The Morgan fingerprint density at radius 2 is 1.96 bits per heavy atom. The normalized spacial score (nSPS) is 10.5. The number of aromatic nitrogens is 1. The summed E-state index contributed by atoms with van der Waals surface area (Å²) in [6.07, 6.45) is 0. The average molecular weight is 357 g/mol. The summed E-state index contributed by atoms with van der Waals surface area (Å²) in [6, 6.07) is 14.7. The maximum Gasteiger partial charge on any atom is 0.278 e. The van der Waals surface area contributed by atoms with Crippen LogP contribution in [0, 0.1) is 13.8 Å². The SMILES string of the molecule is Cc1ccc(Cl)cc1NC(=O)c1noc(C)c1COc1ccccc1. The van der Waals surface area contributed by atoms with Crippen molar-refractivity contribution in [3.63, 3.8) is 0 Å². The first-order chi connectivity index (χ1) is 12.0. The molecule has 2 aromatic carbocycles. The first-order valence-electron chi connectivity index (χ1n) is 7.75. The van der Waals surface area contributed by atoms with Gasteiger partial charge in [0.2, 0.25) is 0 Å². The van der Waals surface area contributed by atoms with E-state index < -0.39 is 0 Å². The maximum atomic E-state index is 12.6. The quantitative estimate of drug-likeness (QED) is 0.714. The minimum absolute atomic E-state index is 0.191. The second kappa shape index (κ2) is 7.40. The van der Waals surface area contributed by atoms with Crippen molar-refractivity contribution in [1.82, 2.24) is 5.16 Å². The second-order valence-electron chi connectivity index (χ2n) is 5.58. The number of nitrogens with zero attached hydrogens (tertiary/aromatic N) is 1. The number of aryl methyl sites for hydroxylation is 2. The number of amides is 1. The van der Waals surface area contributed by atoms with Gasteiger partial charge in [0.15, 0.2) is 5.69 Å². The highest BCUT2D eigenvalue weighted by molar-refractivity contribution is 6.31. The number of hydrogen-bond donors (Lipinski definition) is 1. The smallest absolute Gasteiger partial charge is 0.278 e. The van der Waals surface area contributed by atoms with Gasteiger partial charge in [-0.05, 0) is 43.7 Å². The number of para-hydroxylation sites is 1. The van der Waals surface area contributed by atoms with E-state index in [0.717, 1.165) is 5.56 Å². The van der Waals surface area contributed by atoms with E-state index in [0.29, 0.717) is 27.8 Å². The van der Waals surface area contributed by atoms with Gasteiger partial charge in [0.05, 0.1) is 5.56 Å². The van der Waals surface area contributed by atoms with E-state index >= 15 is 0 Å². The lowest BCUT2D eigenvalue weighted by molar-refractivity contribution is 0.101. The molecule has 1 heterocycles. The lowest BCUT2D eigenvalue weighted by Crippen LogP contribution is -2.16. The first-order valence-corrected chi connectivity index (χ1v) is 8.13. The zero-order chi connectivity index (χ0) is 17.8. The Bertz CT molecular complexity index is 891. The molecule has 6 heteroatoms. The Labute approximate surface area is 150 Å². The molecule has 3 aromatic rings. The highest BCUT2D eigenvalue weighted by atomic mass is 35.5. The fourth-order valence-electron chi connectivity index (χ4n) is 2.32. The van der Waals surface area contributed by atoms with Crippen molar-refractivity contribution in [2.45, 2.75) is 20.5 Å². The van der Waals surface area contributed by atoms with Crippen LogP contribution in [0.15, 0.2) is 53.1 Å². The fraction of sp³-hybridized carbons (Fsp3) is 0.158. The lowest BCUT2D eigenvalue weighted by Gasteiger charge is -2.09. The van der Waals surface area contributed by atoms with Gasteiger partial charge in [-0.2, -0.15) is 0 Å². The van der Waals surface area contributed by atoms with E-state index in [-0.39, 0.29) is 18.2 Å². The minimum atomic E-state index is -0.367. The van der Waals surface area contributed by atoms with Gasteiger partial charge in [0.1, 0.15) is 18.1 Å². The van der Waals surface area contributed by atoms with Crippen molar-refractivity contribution in [2.75, 3.05) is 5.32 Å². The van der Waals surface area contributed by atoms with Crippen LogP contribution >= 0.6 is 11.6 Å². The standard InChI is InChI=1S/C19H17ClN2O3/c1-12-8-9-14(20)10-17(12)21-19(23)18-16(13(2)25-22-18)11-24-15-6-4-3-5-7-15/h3-10H,11H2,1-2H3,(H,21,23). The summed E-state index contributed by atoms with van der Waals surface area (Å²) >= 11 is 5.99. The number of carbonyl (C=O) groups is 1. The molecule has 25 heavy (non-hydrogen) atoms. The number of nitrogens with one attached hydrogen (secondary N) is 1. The summed E-state index contributed by atoms with van der Waals surface area (Å²) < 4.78 is 10.9. The van der Waals surface area contributed by atoms with Crippen molar-refractivity contribution in [1.29, 1.82) is 0 Å². The van der Waals surface area contributed by atoms with E-state index in [1.54, 1.807) is 19.1 Å². The molecule has 0 aliphatic carbocycles. The van der Waals surface area contributed by atoms with Crippen LogP contribution in [0.5, 0.6) is 5.75 Å². The van der Waals surface area contributed by atoms with Gasteiger partial charge in [-0.1, -0.05) is 41.0 Å². The second-order valence-corrected chi connectivity index (χ2v) is 6.02. The number of ether oxygens (including phenoxy) is 1. The third kappa shape index (κ3) is 4.00. The molecule has 1 N–H and O–H groups in total. The van der Waals surface area contributed by atoms with Crippen LogP contribution in [0.2, 0.25) is 5.02 Å². The van der Waals surface area contributed by atoms with Gasteiger partial charge in [-0.25, -0.2) is 0 Å². The molecule has 0 bridgehead atoms. The van der Waals surface area contributed by atoms with E-state index in [9.17, 15) is 4.79 Å². The fourth-order valence-corrected chi connectivity index (χ4v) is 2.49. The van der Waals surface area contributed by atoms with Crippen LogP contribution in [-0.2, 0) is 6.61 Å². The van der Waals surface area contributed by atoms with Gasteiger partial charge in [0.25, 0.3) is 5.91 Å². The number of benzene rings is 2. The van der Waals surface area contributed by atoms with Gasteiger partial charge in [0, 0.05) is 10.7 Å². The summed E-state index contributed by atoms with van der Waals surface area (Å²) in [7, 11) is 0. The predicted molar refractivity (Wildman–Crippen MR) is 96.2 cm³/mol. The molecule has 1 amide bonds. The summed E-state index contributed by atoms with van der Waals surface area (Å²) in [5.74, 6) is 0.887. The molecule has 128 valence electrons. The summed E-state index contributed by atoms with van der Waals surface area (Å²) in [4.78, 5) is 12.6. The zero-order valence-electron chi connectivity index (χ0n) is 13.9. The van der Waals surface area contributed by atoms with Crippen molar-refractivity contribution in [3.8, 4) is 5.75 Å². The largest absolute Gasteiger partial charge is 0.489 e. The van der Waals surface area contributed by atoms with Crippen LogP contribution in [0.4, 0.5) is 5.69 Å². The highest BCUT2D eigenvalue weighted by Crippen LogP contribution is 2.23. The van der Waals surface area contributed by atoms with Crippen LogP contribution in [0.25, 0.3) is 0 Å². The van der Waals surface area contributed by atoms with Crippen molar-refractivity contribution in [3.05, 3.63) is 76.1 Å². The molecular formula is C19H17ClN2O3. The monoisotopic (exact) mass is 356 g/mol. The third-order valence-corrected chi connectivity index (χ3v) is 4.01. The molecular weight excluding hydrogens is 340 g/mol. The molecule has 0 saturated heterocycles. The van der Waals surface area contributed by atoms with Gasteiger partial charge < -0.3 is 14.6 Å². The minimum Gasteiger partial charge on any atom is -0.489 e. The number of carbonyl (C=O) groups excluding carboxylic acids is 1. The third-order valence-electron chi connectivity index (χ3n) is 3.77. The van der Waals surface area contributed by atoms with E-state index in [2.05, 4.69) is 10.5 Å². The molecule has 0 saturated carbocycles. The van der Waals surface area contributed by atoms with Gasteiger partial charge >= 0.3 is 0 Å². The Balaban J connectivity index is 1.78. The molecule has 3 rings (SSSR count).